The van der Waals surface area contributed by atoms with Gasteiger partial charge in [0.2, 0.25) is 5.91 Å². The van der Waals surface area contributed by atoms with Crippen LogP contribution in [0.2, 0.25) is 0 Å². The number of thiazole rings is 1. The van der Waals surface area contributed by atoms with Gasteiger partial charge in [-0.3, -0.25) is 29.3 Å². The summed E-state index contributed by atoms with van der Waals surface area (Å²) in [6.07, 6.45) is 9.26. The first-order valence-electron chi connectivity index (χ1n) is 22.2. The van der Waals surface area contributed by atoms with Crippen molar-refractivity contribution >= 4 is 40.0 Å². The van der Waals surface area contributed by atoms with E-state index in [2.05, 4.69) is 77.6 Å². The average Bonchev–Trinajstić information content (AvgIpc) is 4.06. The summed E-state index contributed by atoms with van der Waals surface area (Å²) >= 11 is 1.57. The molecule has 3 saturated carbocycles. The quantitative estimate of drug-likeness (QED) is 0.183. The largest absolute Gasteiger partial charge is 0.464 e. The van der Waals surface area contributed by atoms with Gasteiger partial charge in [0.1, 0.15) is 17.1 Å². The summed E-state index contributed by atoms with van der Waals surface area (Å²) in [5, 5.41) is 8.96. The molecule has 10 rings (SSSR count). The third kappa shape index (κ3) is 6.97. The summed E-state index contributed by atoms with van der Waals surface area (Å²) in [7, 11) is 1.73. The Kier molecular flexibility index (Phi) is 10.0. The second-order valence-electron chi connectivity index (χ2n) is 19.7. The van der Waals surface area contributed by atoms with Crippen LogP contribution in [0.1, 0.15) is 114 Å². The minimum absolute atomic E-state index is 0.0861. The van der Waals surface area contributed by atoms with Gasteiger partial charge in [-0.25, -0.2) is 10.4 Å². The molecule has 6 aliphatic rings. The molecule has 2 saturated heterocycles. The number of ether oxygens (including phenoxy) is 2. The van der Waals surface area contributed by atoms with E-state index in [1.54, 1.807) is 23.5 Å². The predicted octanol–water partition coefficient (Wildman–Crippen LogP) is 7.40. The number of hydrazine groups is 1. The molecule has 6 heterocycles. The van der Waals surface area contributed by atoms with Crippen molar-refractivity contribution in [3.63, 3.8) is 0 Å². The number of pyridine rings is 1. The van der Waals surface area contributed by atoms with E-state index in [-0.39, 0.29) is 53.7 Å². The number of carbonyl (C=O) groups excluding carboxylic acids is 3. The number of hydrogen-bond acceptors (Lipinski definition) is 10. The predicted molar refractivity (Wildman–Crippen MR) is 231 cm³/mol. The number of rotatable bonds is 7. The van der Waals surface area contributed by atoms with Gasteiger partial charge in [-0.2, -0.15) is 0 Å². The molecule has 2 amide bonds. The average molecular weight is 834 g/mol. The first-order valence-corrected chi connectivity index (χ1v) is 23.1. The van der Waals surface area contributed by atoms with Crippen LogP contribution in [0.25, 0.3) is 33.4 Å². The monoisotopic (exact) mass is 833 g/mol. The molecule has 0 radical (unpaired) electrons. The molecule has 6 bridgehead atoms. The molecule has 12 nitrogen and oxygen atoms in total. The van der Waals surface area contributed by atoms with Gasteiger partial charge in [0.05, 0.1) is 35.8 Å². The van der Waals surface area contributed by atoms with Crippen molar-refractivity contribution in [1.82, 2.24) is 35.2 Å². The fourth-order valence-corrected chi connectivity index (χ4v) is 11.7. The van der Waals surface area contributed by atoms with Gasteiger partial charge in [0.15, 0.2) is 0 Å². The fourth-order valence-electron chi connectivity index (χ4n) is 10.7. The van der Waals surface area contributed by atoms with Crippen LogP contribution in [0.3, 0.4) is 0 Å². The molecular weight excluding hydrogens is 775 g/mol. The number of likely N-dealkylation sites (tertiary alicyclic amines) is 1. The zero-order valence-corrected chi connectivity index (χ0v) is 36.6. The number of fused-ring (bicyclic) bond motifs is 6. The van der Waals surface area contributed by atoms with Gasteiger partial charge in [0.25, 0.3) is 5.91 Å². The number of hydrogen-bond donors (Lipinski definition) is 2. The Balaban J connectivity index is 1.13. The molecular formula is C47H59N7O5S. The standard InChI is InChI=1S/C47H59N7O5S/c1-26-27(2)37(26)42(55)50-39-41(52-23-47(24-52)16-9-17-47)43-49-35(22-60-43)29-12-15-36-32(20-29)33(21-46(4,5)25-59-45(57)34-11-8-19-53(51-34)44(39)56)40(54(36)30-13-14-30)31-10-7-18-48-38(31)28(3)58-6/h7,10,12,15,18,20,22,26-28,30,34,37,39,41,51H,8-9,11,13-14,16-17,19,21,23-25H2,1-6H3,(H,50,55)/t26-,27+,28-,34-,37?,39-,41-/m0/s1. The number of methoxy groups -OCH3 is 1. The lowest BCUT2D eigenvalue weighted by molar-refractivity contribution is -0.157. The molecule has 1 unspecified atom stereocenters. The molecule has 1 spiro atoms. The van der Waals surface area contributed by atoms with Crippen LogP contribution in [0.5, 0.6) is 0 Å². The maximum absolute atomic E-state index is 15.0. The molecule has 3 aliphatic carbocycles. The molecule has 1 aromatic carbocycles. The number of benzene rings is 1. The molecule has 7 atom stereocenters. The molecule has 4 aromatic rings. The fraction of sp³-hybridized carbons (Fsp3) is 0.596. The number of nitrogens with one attached hydrogen (secondary N) is 2. The Bertz CT molecular complexity index is 2330. The first kappa shape index (κ1) is 39.9. The Morgan fingerprint density at radius 3 is 2.57 bits per heavy atom. The molecule has 318 valence electrons. The molecule has 5 fully saturated rings. The summed E-state index contributed by atoms with van der Waals surface area (Å²) < 4.78 is 14.6. The van der Waals surface area contributed by atoms with Crippen LogP contribution in [-0.4, -0.2) is 87.7 Å². The Hall–Kier alpha value is -4.17. The van der Waals surface area contributed by atoms with Crippen LogP contribution in [0.15, 0.2) is 41.9 Å². The van der Waals surface area contributed by atoms with Crippen molar-refractivity contribution in [3.05, 3.63) is 58.2 Å². The topological polar surface area (TPSA) is 131 Å². The van der Waals surface area contributed by atoms with Crippen LogP contribution < -0.4 is 10.7 Å². The van der Waals surface area contributed by atoms with Crippen molar-refractivity contribution in [2.45, 2.75) is 116 Å². The van der Waals surface area contributed by atoms with Gasteiger partial charge in [-0.1, -0.05) is 40.2 Å². The van der Waals surface area contributed by atoms with Gasteiger partial charge >= 0.3 is 5.97 Å². The summed E-state index contributed by atoms with van der Waals surface area (Å²) in [5.74, 6) is -0.320. The minimum atomic E-state index is -0.888. The number of aromatic nitrogens is 3. The normalized spacial score (nSPS) is 29.3. The van der Waals surface area contributed by atoms with Crippen LogP contribution in [0.4, 0.5) is 0 Å². The van der Waals surface area contributed by atoms with Gasteiger partial charge < -0.3 is 19.4 Å². The highest BCUT2D eigenvalue weighted by Gasteiger charge is 2.55. The number of esters is 1. The third-order valence-corrected chi connectivity index (χ3v) is 15.7. The highest BCUT2D eigenvalue weighted by Crippen LogP contribution is 2.53. The zero-order valence-electron chi connectivity index (χ0n) is 35.8. The lowest BCUT2D eigenvalue weighted by Gasteiger charge is -2.58. The summed E-state index contributed by atoms with van der Waals surface area (Å²) in [5.41, 5.74) is 10.4. The number of cyclic esters (lactones) is 1. The maximum Gasteiger partial charge on any atom is 0.324 e. The molecule has 2 N–H and O–H groups in total. The Labute approximate surface area is 356 Å². The van der Waals surface area contributed by atoms with Crippen molar-refractivity contribution in [1.29, 1.82) is 0 Å². The second-order valence-corrected chi connectivity index (χ2v) is 20.6. The lowest BCUT2D eigenvalue weighted by Crippen LogP contribution is -2.67. The van der Waals surface area contributed by atoms with Gasteiger partial charge in [-0.05, 0) is 98.9 Å². The molecule has 3 aromatic heterocycles. The van der Waals surface area contributed by atoms with E-state index in [9.17, 15) is 14.4 Å². The van der Waals surface area contributed by atoms with E-state index in [4.69, 9.17) is 19.4 Å². The van der Waals surface area contributed by atoms with E-state index < -0.39 is 23.5 Å². The first-order chi connectivity index (χ1) is 28.8. The number of amides is 2. The summed E-state index contributed by atoms with van der Waals surface area (Å²) in [4.78, 5) is 55.7. The zero-order chi connectivity index (χ0) is 41.7. The van der Waals surface area contributed by atoms with Crippen LogP contribution >= 0.6 is 11.3 Å². The van der Waals surface area contributed by atoms with Crippen LogP contribution in [-0.2, 0) is 30.3 Å². The summed E-state index contributed by atoms with van der Waals surface area (Å²) in [6.45, 7) is 12.9. The SMILES string of the molecule is CO[C@@H](C)c1ncccc1-c1c2c3cc(ccc3n1C1CC1)-c1csc(n1)[C@@H](N1CC3(CCC3)C1)[C@H](NC(=O)C1[C@@H](C)[C@H]1C)C(=O)N1CCC[C@H](N1)C(=O)OCC(C)(C)C2. The van der Waals surface area contributed by atoms with E-state index in [0.717, 1.165) is 70.1 Å². The van der Waals surface area contributed by atoms with Crippen LogP contribution in [0, 0.1) is 28.6 Å². The van der Waals surface area contributed by atoms with E-state index >= 15 is 0 Å². The van der Waals surface area contributed by atoms with E-state index in [0.29, 0.717) is 31.8 Å². The van der Waals surface area contributed by atoms with E-state index in [1.165, 1.54) is 24.8 Å². The molecule has 60 heavy (non-hydrogen) atoms. The van der Waals surface area contributed by atoms with Gasteiger partial charge in [0, 0.05) is 77.7 Å². The third-order valence-electron chi connectivity index (χ3n) is 14.8. The molecule has 3 aliphatic heterocycles. The summed E-state index contributed by atoms with van der Waals surface area (Å²) in [6, 6.07) is 9.22. The number of carbonyl (C=O) groups is 3. The van der Waals surface area contributed by atoms with Crippen molar-refractivity contribution < 1.29 is 23.9 Å². The smallest absolute Gasteiger partial charge is 0.324 e. The second kappa shape index (κ2) is 15.0. The molecule has 13 heteroatoms. The minimum Gasteiger partial charge on any atom is -0.464 e. The van der Waals surface area contributed by atoms with Gasteiger partial charge in [-0.15, -0.1) is 11.3 Å². The number of nitrogens with zero attached hydrogens (tertiary/aromatic N) is 5. The van der Waals surface area contributed by atoms with Crippen molar-refractivity contribution in [3.8, 4) is 22.5 Å². The Morgan fingerprint density at radius 2 is 1.87 bits per heavy atom. The highest BCUT2D eigenvalue weighted by atomic mass is 32.1. The lowest BCUT2D eigenvalue weighted by atomic mass is 9.63. The maximum atomic E-state index is 15.0. The van der Waals surface area contributed by atoms with Crippen molar-refractivity contribution in [2.75, 3.05) is 33.4 Å². The highest BCUT2D eigenvalue weighted by molar-refractivity contribution is 7.10. The van der Waals surface area contributed by atoms with E-state index in [1.807, 2.05) is 19.2 Å². The van der Waals surface area contributed by atoms with Crippen molar-refractivity contribution in [2.24, 2.45) is 28.6 Å². The Morgan fingerprint density at radius 1 is 1.08 bits per heavy atom.